The average molecular weight is 281 g/mol. The summed E-state index contributed by atoms with van der Waals surface area (Å²) in [6, 6.07) is 0.389. The largest absolute Gasteiger partial charge is 0.441 e. The highest BCUT2D eigenvalue weighted by molar-refractivity contribution is 8.00. The maximum atomic E-state index is 12.0. The maximum Gasteiger partial charge on any atom is 0.441 e. The summed E-state index contributed by atoms with van der Waals surface area (Å²) in [6.07, 6.45) is 3.61. The monoisotopic (exact) mass is 281 g/mol. The lowest BCUT2D eigenvalue weighted by Gasteiger charge is -2.39. The van der Waals surface area contributed by atoms with Crippen LogP contribution in [0.2, 0.25) is 0 Å². The van der Waals surface area contributed by atoms with E-state index in [0.29, 0.717) is 18.0 Å². The third-order valence-electron chi connectivity index (χ3n) is 5.55. The molecule has 0 aromatic heterocycles. The molecule has 2 aliphatic rings. The van der Waals surface area contributed by atoms with Gasteiger partial charge in [-0.2, -0.15) is 13.2 Å². The zero-order valence-electron chi connectivity index (χ0n) is 11.2. The van der Waals surface area contributed by atoms with Crippen molar-refractivity contribution in [1.82, 2.24) is 5.32 Å². The molecular weight excluding hydrogens is 259 g/mol. The number of halogens is 3. The van der Waals surface area contributed by atoms with Gasteiger partial charge in [-0.05, 0) is 47.8 Å². The van der Waals surface area contributed by atoms with Gasteiger partial charge >= 0.3 is 5.51 Å². The Labute approximate surface area is 111 Å². The second-order valence-electron chi connectivity index (χ2n) is 6.41. The van der Waals surface area contributed by atoms with Gasteiger partial charge in [0.15, 0.2) is 0 Å². The van der Waals surface area contributed by atoms with Crippen LogP contribution < -0.4 is 5.32 Å². The third kappa shape index (κ3) is 2.40. The van der Waals surface area contributed by atoms with Crippen molar-refractivity contribution in [3.05, 3.63) is 0 Å². The number of fused-ring (bicyclic) bond motifs is 2. The number of thioether (sulfide) groups is 1. The number of alkyl halides is 3. The van der Waals surface area contributed by atoms with Crippen molar-refractivity contribution in [1.29, 1.82) is 0 Å². The molecule has 0 aromatic carbocycles. The molecule has 0 radical (unpaired) electrons. The molecule has 5 heteroatoms. The van der Waals surface area contributed by atoms with Crippen LogP contribution >= 0.6 is 11.8 Å². The minimum absolute atomic E-state index is 0.0733. The molecular formula is C13H22F3NS. The molecule has 2 fully saturated rings. The molecule has 18 heavy (non-hydrogen) atoms. The van der Waals surface area contributed by atoms with Gasteiger partial charge in [-0.25, -0.2) is 0 Å². The zero-order chi connectivity index (χ0) is 13.6. The zero-order valence-corrected chi connectivity index (χ0v) is 12.0. The van der Waals surface area contributed by atoms with E-state index in [1.165, 1.54) is 12.8 Å². The van der Waals surface area contributed by atoms with E-state index in [1.54, 1.807) is 0 Å². The smallest absolute Gasteiger partial charge is 0.313 e. The number of nitrogens with one attached hydrogen (secondary N) is 1. The van der Waals surface area contributed by atoms with Crippen molar-refractivity contribution in [2.24, 2.45) is 16.7 Å². The molecule has 1 nitrogen and oxygen atoms in total. The molecule has 2 rings (SSSR count). The summed E-state index contributed by atoms with van der Waals surface area (Å²) >= 11 is 0.0733. The standard InChI is InChI=1S/C13H22F3NS/c1-11(2)9-4-5-12(11,3)10(8-9)17-6-7-18-13(14,15)16/h9-10,17H,4-8H2,1-3H3. The molecule has 106 valence electrons. The summed E-state index contributed by atoms with van der Waals surface area (Å²) in [6.45, 7) is 7.38. The van der Waals surface area contributed by atoms with Crippen LogP contribution in [0, 0.1) is 16.7 Å². The van der Waals surface area contributed by atoms with Gasteiger partial charge in [-0.1, -0.05) is 20.8 Å². The van der Waals surface area contributed by atoms with Crippen LogP contribution in [0.5, 0.6) is 0 Å². The van der Waals surface area contributed by atoms with Crippen molar-refractivity contribution in [3.63, 3.8) is 0 Å². The molecule has 0 saturated heterocycles. The summed E-state index contributed by atoms with van der Waals surface area (Å²) in [5, 5.41) is 3.36. The first-order valence-corrected chi connectivity index (χ1v) is 7.59. The van der Waals surface area contributed by atoms with Gasteiger partial charge < -0.3 is 5.32 Å². The summed E-state index contributed by atoms with van der Waals surface area (Å²) < 4.78 is 36.1. The second kappa shape index (κ2) is 4.58. The lowest BCUT2D eigenvalue weighted by molar-refractivity contribution is -0.0327. The fourth-order valence-electron chi connectivity index (χ4n) is 3.91. The predicted molar refractivity (Wildman–Crippen MR) is 69.5 cm³/mol. The summed E-state index contributed by atoms with van der Waals surface area (Å²) in [7, 11) is 0. The fourth-order valence-corrected chi connectivity index (χ4v) is 4.36. The minimum Gasteiger partial charge on any atom is -0.313 e. The SMILES string of the molecule is CC1(C)C2CCC1(C)C(NCCSC(F)(F)F)C2. The van der Waals surface area contributed by atoms with Gasteiger partial charge in [-0.3, -0.25) is 0 Å². The van der Waals surface area contributed by atoms with Gasteiger partial charge in [0.25, 0.3) is 0 Å². The highest BCUT2D eigenvalue weighted by Crippen LogP contribution is 2.65. The lowest BCUT2D eigenvalue weighted by atomic mass is 9.69. The molecule has 3 unspecified atom stereocenters. The number of hydrogen-bond acceptors (Lipinski definition) is 2. The van der Waals surface area contributed by atoms with Gasteiger partial charge in [0.05, 0.1) is 0 Å². The molecule has 1 N–H and O–H groups in total. The van der Waals surface area contributed by atoms with Crippen molar-refractivity contribution in [2.45, 2.75) is 51.6 Å². The van der Waals surface area contributed by atoms with Crippen molar-refractivity contribution in [2.75, 3.05) is 12.3 Å². The summed E-state index contributed by atoms with van der Waals surface area (Å²) in [5.41, 5.74) is -3.53. The number of rotatable bonds is 4. The molecule has 0 heterocycles. The first kappa shape index (κ1) is 14.5. The first-order chi connectivity index (χ1) is 8.17. The highest BCUT2D eigenvalue weighted by Gasteiger charge is 2.60. The Morgan fingerprint density at radius 1 is 1.28 bits per heavy atom. The van der Waals surface area contributed by atoms with E-state index < -0.39 is 5.51 Å². The normalized spacial score (nSPS) is 38.3. The maximum absolute atomic E-state index is 12.0. The Morgan fingerprint density at radius 2 is 1.94 bits per heavy atom. The van der Waals surface area contributed by atoms with E-state index in [2.05, 4.69) is 26.1 Å². The van der Waals surface area contributed by atoms with Crippen LogP contribution in [-0.2, 0) is 0 Å². The van der Waals surface area contributed by atoms with E-state index in [0.717, 1.165) is 12.3 Å². The summed E-state index contributed by atoms with van der Waals surface area (Å²) in [4.78, 5) is 0. The van der Waals surface area contributed by atoms with Gasteiger partial charge in [0.1, 0.15) is 0 Å². The van der Waals surface area contributed by atoms with Crippen molar-refractivity contribution in [3.8, 4) is 0 Å². The van der Waals surface area contributed by atoms with Gasteiger partial charge in [-0.15, -0.1) is 0 Å². The fraction of sp³-hybridized carbons (Fsp3) is 1.00. The Hall–Kier alpha value is 0.100. The summed E-state index contributed by atoms with van der Waals surface area (Å²) in [5.74, 6) is 0.844. The number of hydrogen-bond donors (Lipinski definition) is 1. The van der Waals surface area contributed by atoms with Crippen LogP contribution in [0.4, 0.5) is 13.2 Å². The highest BCUT2D eigenvalue weighted by atomic mass is 32.2. The quantitative estimate of drug-likeness (QED) is 0.780. The predicted octanol–water partition coefficient (Wildman–Crippen LogP) is 4.04. The van der Waals surface area contributed by atoms with E-state index in [1.807, 2.05) is 0 Å². The van der Waals surface area contributed by atoms with E-state index >= 15 is 0 Å². The minimum atomic E-state index is -4.10. The van der Waals surface area contributed by atoms with Crippen LogP contribution in [0.1, 0.15) is 40.0 Å². The van der Waals surface area contributed by atoms with Crippen LogP contribution in [-0.4, -0.2) is 23.8 Å². The Morgan fingerprint density at radius 3 is 2.39 bits per heavy atom. The molecule has 2 aliphatic carbocycles. The Bertz CT molecular complexity index is 316. The third-order valence-corrected chi connectivity index (χ3v) is 6.29. The average Bonchev–Trinajstić information content (AvgIpc) is 2.55. The molecule has 0 aromatic rings. The molecule has 0 aliphatic heterocycles. The topological polar surface area (TPSA) is 12.0 Å². The molecule has 0 spiro atoms. The Balaban J connectivity index is 1.82. The van der Waals surface area contributed by atoms with Crippen molar-refractivity contribution < 1.29 is 13.2 Å². The van der Waals surface area contributed by atoms with E-state index in [9.17, 15) is 13.2 Å². The molecule has 0 amide bonds. The van der Waals surface area contributed by atoms with Crippen LogP contribution in [0.25, 0.3) is 0 Å². The van der Waals surface area contributed by atoms with E-state index in [4.69, 9.17) is 0 Å². The molecule has 2 bridgehead atoms. The van der Waals surface area contributed by atoms with E-state index in [-0.39, 0.29) is 22.9 Å². The van der Waals surface area contributed by atoms with Gasteiger partial charge in [0, 0.05) is 18.3 Å². The van der Waals surface area contributed by atoms with Crippen LogP contribution in [0.15, 0.2) is 0 Å². The first-order valence-electron chi connectivity index (χ1n) is 6.61. The molecule has 3 atom stereocenters. The second-order valence-corrected chi connectivity index (χ2v) is 7.57. The van der Waals surface area contributed by atoms with Gasteiger partial charge in [0.2, 0.25) is 0 Å². The van der Waals surface area contributed by atoms with Crippen molar-refractivity contribution >= 4 is 11.8 Å². The van der Waals surface area contributed by atoms with Crippen LogP contribution in [0.3, 0.4) is 0 Å². The molecule has 2 saturated carbocycles. The Kier molecular flexibility index (Phi) is 3.69. The lowest BCUT2D eigenvalue weighted by Crippen LogP contribution is -2.45.